The van der Waals surface area contributed by atoms with Crippen LogP contribution in [0.4, 0.5) is 0 Å². The van der Waals surface area contributed by atoms with Crippen LogP contribution in [0, 0.1) is 10.5 Å². The van der Waals surface area contributed by atoms with Crippen molar-refractivity contribution in [3.63, 3.8) is 0 Å². The number of methoxy groups -OCH3 is 2. The van der Waals surface area contributed by atoms with Crippen molar-refractivity contribution in [2.24, 2.45) is 0 Å². The molecule has 2 rings (SSSR count). The highest BCUT2D eigenvalue weighted by Crippen LogP contribution is 2.31. The van der Waals surface area contributed by atoms with Crippen molar-refractivity contribution in [3.8, 4) is 11.5 Å². The summed E-state index contributed by atoms with van der Waals surface area (Å²) in [6, 6.07) is 7.33. The summed E-state index contributed by atoms with van der Waals surface area (Å²) < 4.78 is 11.3. The van der Waals surface area contributed by atoms with Crippen LogP contribution in [-0.2, 0) is 6.54 Å². The molecule has 0 unspecified atom stereocenters. The van der Waals surface area contributed by atoms with Crippen LogP contribution in [0.2, 0.25) is 0 Å². The third-order valence-electron chi connectivity index (χ3n) is 3.14. The Labute approximate surface area is 143 Å². The van der Waals surface area contributed by atoms with Crippen LogP contribution < -0.4 is 14.8 Å². The van der Waals surface area contributed by atoms with E-state index in [1.54, 1.807) is 32.5 Å². The van der Waals surface area contributed by atoms with Crippen LogP contribution in [0.5, 0.6) is 11.5 Å². The SMILES string of the molecule is COc1cc(I)c(C(=O)NCc2ccc(C)nc2)cc1OC. The summed E-state index contributed by atoms with van der Waals surface area (Å²) in [6.07, 6.45) is 1.76. The van der Waals surface area contributed by atoms with Crippen molar-refractivity contribution >= 4 is 28.5 Å². The molecule has 22 heavy (non-hydrogen) atoms. The number of carbonyl (C=O) groups is 1. The van der Waals surface area contributed by atoms with E-state index in [1.165, 1.54) is 0 Å². The topological polar surface area (TPSA) is 60.5 Å². The number of aromatic nitrogens is 1. The summed E-state index contributed by atoms with van der Waals surface area (Å²) in [5, 5.41) is 2.88. The van der Waals surface area contributed by atoms with E-state index in [0.717, 1.165) is 14.8 Å². The molecule has 0 aliphatic carbocycles. The van der Waals surface area contributed by atoms with Crippen molar-refractivity contribution in [2.75, 3.05) is 14.2 Å². The van der Waals surface area contributed by atoms with Gasteiger partial charge in [0.25, 0.3) is 5.91 Å². The van der Waals surface area contributed by atoms with Crippen LogP contribution in [0.15, 0.2) is 30.5 Å². The molecule has 1 N–H and O–H groups in total. The fourth-order valence-electron chi connectivity index (χ4n) is 1.91. The van der Waals surface area contributed by atoms with E-state index in [2.05, 4.69) is 32.9 Å². The largest absolute Gasteiger partial charge is 0.493 e. The summed E-state index contributed by atoms with van der Waals surface area (Å²) in [4.78, 5) is 16.5. The first kappa shape index (κ1) is 16.5. The predicted molar refractivity (Wildman–Crippen MR) is 92.4 cm³/mol. The maximum absolute atomic E-state index is 12.3. The molecule has 0 fully saturated rings. The normalized spacial score (nSPS) is 10.2. The van der Waals surface area contributed by atoms with Gasteiger partial charge in [0, 0.05) is 22.0 Å². The number of hydrogen-bond acceptors (Lipinski definition) is 4. The van der Waals surface area contributed by atoms with Crippen LogP contribution in [-0.4, -0.2) is 25.1 Å². The van der Waals surface area contributed by atoms with E-state index in [9.17, 15) is 4.79 Å². The second-order valence-electron chi connectivity index (χ2n) is 4.68. The molecule has 1 aromatic heterocycles. The monoisotopic (exact) mass is 412 g/mol. The predicted octanol–water partition coefficient (Wildman–Crippen LogP) is 2.94. The van der Waals surface area contributed by atoms with Gasteiger partial charge < -0.3 is 14.8 Å². The van der Waals surface area contributed by atoms with E-state index >= 15 is 0 Å². The Balaban J connectivity index is 2.13. The highest BCUT2D eigenvalue weighted by Gasteiger charge is 2.15. The van der Waals surface area contributed by atoms with Gasteiger partial charge in [-0.25, -0.2) is 0 Å². The minimum absolute atomic E-state index is 0.161. The molecule has 0 atom stereocenters. The molecule has 5 nitrogen and oxygen atoms in total. The summed E-state index contributed by atoms with van der Waals surface area (Å²) >= 11 is 2.11. The Morgan fingerprint density at radius 1 is 1.23 bits per heavy atom. The Kier molecular flexibility index (Phi) is 5.59. The standard InChI is InChI=1S/C16H17IN2O3/c1-10-4-5-11(8-18-10)9-19-16(20)12-6-14(21-2)15(22-3)7-13(12)17/h4-8H,9H2,1-3H3,(H,19,20). The van der Waals surface area contributed by atoms with Crippen LogP contribution in [0.3, 0.4) is 0 Å². The lowest BCUT2D eigenvalue weighted by molar-refractivity contribution is 0.0949. The molecule has 0 aliphatic heterocycles. The number of nitrogens with one attached hydrogen (secondary N) is 1. The molecule has 0 bridgehead atoms. The third-order valence-corrected chi connectivity index (χ3v) is 4.04. The lowest BCUT2D eigenvalue weighted by Gasteiger charge is -2.12. The van der Waals surface area contributed by atoms with Crippen molar-refractivity contribution < 1.29 is 14.3 Å². The number of ether oxygens (including phenoxy) is 2. The van der Waals surface area contributed by atoms with Crippen LogP contribution in [0.1, 0.15) is 21.6 Å². The number of halogens is 1. The summed E-state index contributed by atoms with van der Waals surface area (Å²) in [5.74, 6) is 0.974. The van der Waals surface area contributed by atoms with Crippen molar-refractivity contribution in [3.05, 3.63) is 50.9 Å². The number of hydrogen-bond donors (Lipinski definition) is 1. The average Bonchev–Trinajstić information content (AvgIpc) is 2.53. The smallest absolute Gasteiger partial charge is 0.252 e. The minimum atomic E-state index is -0.161. The van der Waals surface area contributed by atoms with Gasteiger partial charge in [0.15, 0.2) is 11.5 Å². The van der Waals surface area contributed by atoms with Crippen molar-refractivity contribution in [1.82, 2.24) is 10.3 Å². The number of pyridine rings is 1. The van der Waals surface area contributed by atoms with E-state index in [4.69, 9.17) is 9.47 Å². The number of nitrogens with zero attached hydrogens (tertiary/aromatic N) is 1. The zero-order valence-corrected chi connectivity index (χ0v) is 14.8. The Morgan fingerprint density at radius 2 is 1.91 bits per heavy atom. The van der Waals surface area contributed by atoms with Crippen LogP contribution >= 0.6 is 22.6 Å². The van der Waals surface area contributed by atoms with E-state index in [1.807, 2.05) is 19.1 Å². The van der Waals surface area contributed by atoms with Gasteiger partial charge in [-0.3, -0.25) is 9.78 Å². The first-order valence-corrected chi connectivity index (χ1v) is 7.74. The summed E-state index contributed by atoms with van der Waals surface area (Å²) in [5.41, 5.74) is 2.46. The van der Waals surface area contributed by atoms with Gasteiger partial charge in [-0.2, -0.15) is 0 Å². The van der Waals surface area contributed by atoms with E-state index < -0.39 is 0 Å². The zero-order chi connectivity index (χ0) is 16.1. The molecule has 116 valence electrons. The number of carbonyl (C=O) groups excluding carboxylic acids is 1. The summed E-state index contributed by atoms with van der Waals surface area (Å²) in [6.45, 7) is 2.35. The second kappa shape index (κ2) is 7.44. The van der Waals surface area contributed by atoms with E-state index in [0.29, 0.717) is 23.6 Å². The molecule has 1 heterocycles. The molecular formula is C16H17IN2O3. The molecule has 0 radical (unpaired) electrons. The first-order valence-electron chi connectivity index (χ1n) is 6.66. The van der Waals surface area contributed by atoms with Gasteiger partial charge in [-0.15, -0.1) is 0 Å². The first-order chi connectivity index (χ1) is 10.5. The second-order valence-corrected chi connectivity index (χ2v) is 5.84. The molecule has 6 heteroatoms. The highest BCUT2D eigenvalue weighted by molar-refractivity contribution is 14.1. The molecule has 0 spiro atoms. The lowest BCUT2D eigenvalue weighted by atomic mass is 10.1. The molecule has 2 aromatic rings. The molecule has 0 aliphatic rings. The molecule has 1 amide bonds. The fourth-order valence-corrected chi connectivity index (χ4v) is 2.59. The minimum Gasteiger partial charge on any atom is -0.493 e. The number of benzene rings is 1. The van der Waals surface area contributed by atoms with Crippen molar-refractivity contribution in [2.45, 2.75) is 13.5 Å². The number of rotatable bonds is 5. The van der Waals surface area contributed by atoms with Gasteiger partial charge in [0.1, 0.15) is 0 Å². The average molecular weight is 412 g/mol. The van der Waals surface area contributed by atoms with Crippen molar-refractivity contribution in [1.29, 1.82) is 0 Å². The number of aryl methyl sites for hydroxylation is 1. The molecule has 0 saturated carbocycles. The molecule has 0 saturated heterocycles. The van der Waals surface area contributed by atoms with Gasteiger partial charge in [0.05, 0.1) is 19.8 Å². The van der Waals surface area contributed by atoms with Gasteiger partial charge in [-0.05, 0) is 53.3 Å². The maximum atomic E-state index is 12.3. The summed E-state index contributed by atoms with van der Waals surface area (Å²) in [7, 11) is 3.11. The van der Waals surface area contributed by atoms with Gasteiger partial charge in [-0.1, -0.05) is 6.07 Å². The quantitative estimate of drug-likeness (QED) is 0.768. The van der Waals surface area contributed by atoms with Crippen LogP contribution in [0.25, 0.3) is 0 Å². The van der Waals surface area contributed by atoms with Gasteiger partial charge in [0.2, 0.25) is 0 Å². The van der Waals surface area contributed by atoms with Gasteiger partial charge >= 0.3 is 0 Å². The third kappa shape index (κ3) is 3.88. The molecule has 1 aromatic carbocycles. The Hall–Kier alpha value is -1.83. The lowest BCUT2D eigenvalue weighted by Crippen LogP contribution is -2.23. The maximum Gasteiger partial charge on any atom is 0.252 e. The highest BCUT2D eigenvalue weighted by atomic mass is 127. The fraction of sp³-hybridized carbons (Fsp3) is 0.250. The zero-order valence-electron chi connectivity index (χ0n) is 12.6. The number of amides is 1. The Bertz CT molecular complexity index is 672. The molecular weight excluding hydrogens is 395 g/mol. The Morgan fingerprint density at radius 3 is 2.50 bits per heavy atom. The van der Waals surface area contributed by atoms with E-state index in [-0.39, 0.29) is 5.91 Å².